The van der Waals surface area contributed by atoms with E-state index in [4.69, 9.17) is 4.74 Å². The first-order valence-electron chi connectivity index (χ1n) is 10.5. The van der Waals surface area contributed by atoms with Gasteiger partial charge in [-0.15, -0.1) is 0 Å². The molecule has 178 valence electrons. The number of thioether (sulfide) groups is 1. The number of aromatic carboxylic acids is 1. The summed E-state index contributed by atoms with van der Waals surface area (Å²) in [4.78, 5) is 30.7. The van der Waals surface area contributed by atoms with Crippen LogP contribution in [0.3, 0.4) is 0 Å². The first kappa shape index (κ1) is 24.9. The van der Waals surface area contributed by atoms with Crippen LogP contribution in [0.25, 0.3) is 6.08 Å². The second-order valence-electron chi connectivity index (χ2n) is 7.73. The van der Waals surface area contributed by atoms with E-state index in [0.717, 1.165) is 14.7 Å². The third kappa shape index (κ3) is 5.73. The molecule has 0 aromatic heterocycles. The van der Waals surface area contributed by atoms with Crippen molar-refractivity contribution in [1.82, 2.24) is 4.90 Å². The Hall–Kier alpha value is -3.18. The van der Waals surface area contributed by atoms with Crippen molar-refractivity contribution in [2.24, 2.45) is 4.99 Å². The molecular formula is C26H20FIN2O4S. The van der Waals surface area contributed by atoms with E-state index in [1.807, 2.05) is 18.2 Å². The Bertz CT molecular complexity index is 1390. The van der Waals surface area contributed by atoms with Crippen LogP contribution in [-0.2, 0) is 11.4 Å². The number of carboxylic acids is 1. The largest absolute Gasteiger partial charge is 0.488 e. The Morgan fingerprint density at radius 1 is 1.20 bits per heavy atom. The molecule has 1 heterocycles. The Morgan fingerprint density at radius 2 is 1.97 bits per heavy atom. The summed E-state index contributed by atoms with van der Waals surface area (Å²) in [5.41, 5.74) is 2.77. The van der Waals surface area contributed by atoms with E-state index < -0.39 is 5.97 Å². The smallest absolute Gasteiger partial charge is 0.336 e. The summed E-state index contributed by atoms with van der Waals surface area (Å²) in [6.07, 6.45) is 1.78. The first-order valence-corrected chi connectivity index (χ1v) is 12.4. The lowest BCUT2D eigenvalue weighted by atomic mass is 10.1. The summed E-state index contributed by atoms with van der Waals surface area (Å²) >= 11 is 3.39. The topological polar surface area (TPSA) is 79.2 Å². The van der Waals surface area contributed by atoms with E-state index in [0.29, 0.717) is 27.1 Å². The number of aliphatic imine (C=N–C) groups is 1. The molecule has 0 spiro atoms. The van der Waals surface area contributed by atoms with Gasteiger partial charge >= 0.3 is 5.97 Å². The SMILES string of the molecule is Cc1c(N=C2S/C(=C\c3ccc(OCc4cccc(F)c4)c(I)c3)C(=O)N2C)cccc1C(=O)O. The number of benzene rings is 3. The summed E-state index contributed by atoms with van der Waals surface area (Å²) < 4.78 is 20.0. The molecule has 9 heteroatoms. The second kappa shape index (κ2) is 10.6. The van der Waals surface area contributed by atoms with Crippen LogP contribution in [0, 0.1) is 16.3 Å². The van der Waals surface area contributed by atoms with Gasteiger partial charge in [-0.2, -0.15) is 0 Å². The molecule has 1 fully saturated rings. The molecule has 1 aliphatic rings. The van der Waals surface area contributed by atoms with Gasteiger partial charge in [0, 0.05) is 7.05 Å². The van der Waals surface area contributed by atoms with Gasteiger partial charge in [-0.1, -0.05) is 24.3 Å². The number of carboxylic acid groups (broad SMARTS) is 1. The molecule has 1 aliphatic heterocycles. The van der Waals surface area contributed by atoms with Gasteiger partial charge in [-0.3, -0.25) is 9.69 Å². The summed E-state index contributed by atoms with van der Waals surface area (Å²) in [5.74, 6) is -0.858. The monoisotopic (exact) mass is 602 g/mol. The summed E-state index contributed by atoms with van der Waals surface area (Å²) in [6, 6.07) is 16.7. The average molecular weight is 602 g/mol. The van der Waals surface area contributed by atoms with Crippen molar-refractivity contribution < 1.29 is 23.8 Å². The van der Waals surface area contributed by atoms with Crippen LogP contribution in [0.4, 0.5) is 10.1 Å². The summed E-state index contributed by atoms with van der Waals surface area (Å²) in [5, 5.41) is 9.81. The highest BCUT2D eigenvalue weighted by atomic mass is 127. The number of halogens is 2. The zero-order chi connectivity index (χ0) is 25.1. The molecule has 35 heavy (non-hydrogen) atoms. The number of amidine groups is 1. The Labute approximate surface area is 219 Å². The van der Waals surface area contributed by atoms with Crippen molar-refractivity contribution in [1.29, 1.82) is 0 Å². The summed E-state index contributed by atoms with van der Waals surface area (Å²) in [6.45, 7) is 1.94. The number of hydrogen-bond acceptors (Lipinski definition) is 5. The maximum atomic E-state index is 13.4. The molecule has 4 rings (SSSR count). The molecule has 0 bridgehead atoms. The van der Waals surface area contributed by atoms with Gasteiger partial charge in [0.05, 0.1) is 19.7 Å². The number of carbonyl (C=O) groups is 2. The van der Waals surface area contributed by atoms with Crippen LogP contribution in [0.2, 0.25) is 0 Å². The molecule has 0 saturated carbocycles. The molecule has 1 amide bonds. The lowest BCUT2D eigenvalue weighted by Crippen LogP contribution is -2.23. The Morgan fingerprint density at radius 3 is 2.69 bits per heavy atom. The molecule has 0 aliphatic carbocycles. The number of carbonyl (C=O) groups excluding carboxylic acids is 1. The fourth-order valence-corrected chi connectivity index (χ4v) is 5.07. The minimum Gasteiger partial charge on any atom is -0.488 e. The molecule has 0 unspecified atom stereocenters. The van der Waals surface area contributed by atoms with Gasteiger partial charge in [-0.25, -0.2) is 14.2 Å². The normalized spacial score (nSPS) is 15.8. The van der Waals surface area contributed by atoms with Gasteiger partial charge < -0.3 is 9.84 Å². The molecule has 1 saturated heterocycles. The van der Waals surface area contributed by atoms with Crippen LogP contribution in [0.15, 0.2) is 70.6 Å². The van der Waals surface area contributed by atoms with Gasteiger partial charge in [0.25, 0.3) is 5.91 Å². The fourth-order valence-electron chi connectivity index (χ4n) is 3.39. The number of amides is 1. The highest BCUT2D eigenvalue weighted by Crippen LogP contribution is 2.35. The Kier molecular flexibility index (Phi) is 7.56. The predicted octanol–water partition coefficient (Wildman–Crippen LogP) is 6.25. The maximum Gasteiger partial charge on any atom is 0.336 e. The highest BCUT2D eigenvalue weighted by Gasteiger charge is 2.30. The molecule has 1 N–H and O–H groups in total. The lowest BCUT2D eigenvalue weighted by Gasteiger charge is -2.09. The van der Waals surface area contributed by atoms with Crippen molar-refractivity contribution in [3.63, 3.8) is 0 Å². The van der Waals surface area contributed by atoms with Gasteiger partial charge in [0.1, 0.15) is 18.2 Å². The van der Waals surface area contributed by atoms with Crippen molar-refractivity contribution in [2.75, 3.05) is 7.05 Å². The van der Waals surface area contributed by atoms with Gasteiger partial charge in [-0.05, 0) is 100 Å². The van der Waals surface area contributed by atoms with E-state index >= 15 is 0 Å². The molecule has 3 aromatic carbocycles. The van der Waals surface area contributed by atoms with E-state index in [2.05, 4.69) is 27.6 Å². The lowest BCUT2D eigenvalue weighted by molar-refractivity contribution is -0.121. The zero-order valence-corrected chi connectivity index (χ0v) is 21.8. The Balaban J connectivity index is 1.52. The predicted molar refractivity (Wildman–Crippen MR) is 143 cm³/mol. The van der Waals surface area contributed by atoms with Crippen LogP contribution >= 0.6 is 34.4 Å². The van der Waals surface area contributed by atoms with Crippen LogP contribution < -0.4 is 4.74 Å². The number of likely N-dealkylation sites (N-methyl/N-ethyl adjacent to an activating group) is 1. The van der Waals surface area contributed by atoms with Gasteiger partial charge in [0.15, 0.2) is 5.17 Å². The maximum absolute atomic E-state index is 13.4. The van der Waals surface area contributed by atoms with Crippen LogP contribution in [0.1, 0.15) is 27.0 Å². The second-order valence-corrected chi connectivity index (χ2v) is 9.90. The number of nitrogens with zero attached hydrogens (tertiary/aromatic N) is 2. The third-order valence-corrected chi connectivity index (χ3v) is 7.20. The molecule has 0 atom stereocenters. The molecule has 6 nitrogen and oxygen atoms in total. The van der Waals surface area contributed by atoms with Crippen LogP contribution in [-0.4, -0.2) is 34.1 Å². The quantitative estimate of drug-likeness (QED) is 0.267. The number of hydrogen-bond donors (Lipinski definition) is 1. The number of ether oxygens (including phenoxy) is 1. The van der Waals surface area contributed by atoms with Crippen molar-refractivity contribution in [3.05, 3.63) is 97.2 Å². The average Bonchev–Trinajstić information content (AvgIpc) is 3.07. The number of rotatable bonds is 6. The first-order chi connectivity index (χ1) is 16.7. The minimum atomic E-state index is -1.02. The van der Waals surface area contributed by atoms with E-state index in [1.54, 1.807) is 44.3 Å². The highest BCUT2D eigenvalue weighted by molar-refractivity contribution is 14.1. The van der Waals surface area contributed by atoms with E-state index in [-0.39, 0.29) is 23.9 Å². The molecular weight excluding hydrogens is 582 g/mol. The van der Waals surface area contributed by atoms with E-state index in [1.165, 1.54) is 34.9 Å². The third-order valence-electron chi connectivity index (χ3n) is 5.29. The van der Waals surface area contributed by atoms with Crippen LogP contribution in [0.5, 0.6) is 5.75 Å². The van der Waals surface area contributed by atoms with E-state index in [9.17, 15) is 19.1 Å². The minimum absolute atomic E-state index is 0.175. The zero-order valence-electron chi connectivity index (χ0n) is 18.8. The van der Waals surface area contributed by atoms with Crippen molar-refractivity contribution >= 4 is 63.2 Å². The summed E-state index contributed by atoms with van der Waals surface area (Å²) in [7, 11) is 1.64. The molecule has 3 aromatic rings. The fraction of sp³-hybridized carbons (Fsp3) is 0.115. The van der Waals surface area contributed by atoms with Crippen molar-refractivity contribution in [3.8, 4) is 5.75 Å². The molecule has 0 radical (unpaired) electrons. The van der Waals surface area contributed by atoms with Gasteiger partial charge in [0.2, 0.25) is 0 Å². The standard InChI is InChI=1S/C26H20FIN2O4S/c1-15-19(25(32)33)7-4-8-21(15)29-26-30(2)24(31)23(35-26)13-16-9-10-22(20(28)12-16)34-14-17-5-3-6-18(27)11-17/h3-13H,14H2,1-2H3,(H,32,33)/b23-13-,29-26?. The van der Waals surface area contributed by atoms with Crippen molar-refractivity contribution in [2.45, 2.75) is 13.5 Å².